The lowest BCUT2D eigenvalue weighted by molar-refractivity contribution is -0.131. The van der Waals surface area contributed by atoms with Crippen LogP contribution in [-0.4, -0.2) is 172 Å². The number of aromatic amines is 1. The molecule has 21 nitrogen and oxygen atoms in total. The Balaban J connectivity index is 1.22. The molecule has 1 heterocycles. The van der Waals surface area contributed by atoms with Crippen molar-refractivity contribution in [2.45, 2.75) is 50.8 Å². The Morgan fingerprint density at radius 3 is 1.68 bits per heavy atom. The van der Waals surface area contributed by atoms with E-state index in [1.807, 2.05) is 30.5 Å². The second kappa shape index (κ2) is 37.4. The molecule has 3 amide bonds. The maximum Gasteiger partial charge on any atom is 0.246 e. The van der Waals surface area contributed by atoms with Gasteiger partial charge in [-0.05, 0) is 60.7 Å². The maximum atomic E-state index is 13.9. The molecular formula is C45H70N8O13. The number of aromatic nitrogens is 1. The van der Waals surface area contributed by atoms with Crippen molar-refractivity contribution >= 4 is 34.3 Å². The monoisotopic (exact) mass is 931 g/mol. The van der Waals surface area contributed by atoms with Crippen LogP contribution in [-0.2, 0) is 70.0 Å². The number of para-hydroxylation sites is 1. The fourth-order valence-corrected chi connectivity index (χ4v) is 6.13. The van der Waals surface area contributed by atoms with Gasteiger partial charge in [0.15, 0.2) is 0 Å². The van der Waals surface area contributed by atoms with Crippen LogP contribution in [0.3, 0.4) is 0 Å². The van der Waals surface area contributed by atoms with E-state index in [2.05, 4.69) is 31.0 Å². The number of carbonyl (C=O) groups excluding carboxylic acids is 3. The van der Waals surface area contributed by atoms with Gasteiger partial charge in [-0.3, -0.25) is 14.4 Å². The van der Waals surface area contributed by atoms with Gasteiger partial charge in [-0.1, -0.05) is 35.4 Å². The first-order valence-electron chi connectivity index (χ1n) is 22.5. The summed E-state index contributed by atoms with van der Waals surface area (Å²) in [5.41, 5.74) is 16.9. The zero-order valence-electron chi connectivity index (χ0n) is 38.0. The molecule has 0 radical (unpaired) electrons. The molecule has 0 aliphatic carbocycles. The number of azide groups is 1. The summed E-state index contributed by atoms with van der Waals surface area (Å²) in [6.45, 7) is 7.83. The van der Waals surface area contributed by atoms with Crippen LogP contribution in [0.1, 0.15) is 36.8 Å². The Morgan fingerprint density at radius 2 is 1.17 bits per heavy atom. The van der Waals surface area contributed by atoms with E-state index in [-0.39, 0.29) is 38.6 Å². The molecule has 0 spiro atoms. The number of H-pyrrole nitrogens is 1. The number of unbranched alkanes of at least 4 members (excludes halogenated alkanes) is 1. The first-order valence-corrected chi connectivity index (χ1v) is 22.5. The number of nitrogens with one attached hydrogen (secondary N) is 4. The van der Waals surface area contributed by atoms with Crippen molar-refractivity contribution in [3.8, 4) is 0 Å². The molecule has 0 fully saturated rings. The highest BCUT2D eigenvalue weighted by atomic mass is 16.6. The van der Waals surface area contributed by atoms with Gasteiger partial charge in [-0.25, -0.2) is 0 Å². The Hall–Kier alpha value is -4.74. The summed E-state index contributed by atoms with van der Waals surface area (Å²) in [5, 5.41) is 22.3. The molecule has 66 heavy (non-hydrogen) atoms. The number of carbonyl (C=O) groups is 3. The van der Waals surface area contributed by atoms with E-state index in [0.29, 0.717) is 149 Å². The van der Waals surface area contributed by atoms with Crippen LogP contribution in [0.25, 0.3) is 21.3 Å². The quantitative estimate of drug-likeness (QED) is 0.0206. The largest absolute Gasteiger partial charge is 0.392 e. The van der Waals surface area contributed by atoms with Crippen LogP contribution in [0.2, 0.25) is 0 Å². The van der Waals surface area contributed by atoms with Crippen LogP contribution in [0, 0.1) is 0 Å². The van der Waals surface area contributed by atoms with E-state index in [0.717, 1.165) is 16.5 Å². The lowest BCUT2D eigenvalue weighted by atomic mass is 10.0. The number of nitrogens with zero attached hydrogens (tertiary/aromatic N) is 3. The highest BCUT2D eigenvalue weighted by Gasteiger charge is 2.28. The normalized spacial score (nSPS) is 12.2. The highest BCUT2D eigenvalue weighted by molar-refractivity contribution is 5.98. The average Bonchev–Trinajstić information content (AvgIpc) is 3.74. The van der Waals surface area contributed by atoms with Gasteiger partial charge >= 0.3 is 0 Å². The van der Waals surface area contributed by atoms with Crippen LogP contribution in [0.15, 0.2) is 59.8 Å². The number of nitrogens with two attached hydrogens (primary N) is 1. The molecule has 2 atom stereocenters. The molecule has 0 saturated heterocycles. The van der Waals surface area contributed by atoms with E-state index in [1.54, 1.807) is 24.3 Å². The summed E-state index contributed by atoms with van der Waals surface area (Å²) in [6.07, 6.45) is 3.65. The average molecular weight is 931 g/mol. The maximum absolute atomic E-state index is 13.9. The van der Waals surface area contributed by atoms with Gasteiger partial charge in [0.1, 0.15) is 12.1 Å². The van der Waals surface area contributed by atoms with Crippen molar-refractivity contribution in [3.63, 3.8) is 0 Å². The number of aliphatic hydroxyl groups is 1. The van der Waals surface area contributed by atoms with Gasteiger partial charge in [-0.15, -0.1) is 0 Å². The van der Waals surface area contributed by atoms with E-state index >= 15 is 0 Å². The molecule has 3 aromatic rings. The van der Waals surface area contributed by atoms with Crippen molar-refractivity contribution in [1.29, 1.82) is 0 Å². The summed E-state index contributed by atoms with van der Waals surface area (Å²) >= 11 is 0. The number of hydrogen-bond acceptors (Lipinski definition) is 15. The molecule has 0 saturated carbocycles. The topological polar surface area (TPSA) is 281 Å². The molecule has 2 aromatic carbocycles. The Morgan fingerprint density at radius 1 is 0.652 bits per heavy atom. The van der Waals surface area contributed by atoms with Crippen LogP contribution < -0.4 is 21.7 Å². The summed E-state index contributed by atoms with van der Waals surface area (Å²) in [6, 6.07) is 12.6. The molecule has 0 aliphatic heterocycles. The molecule has 1 aromatic heterocycles. The first kappa shape index (κ1) is 55.6. The minimum absolute atomic E-state index is 0.0132. The fourth-order valence-electron chi connectivity index (χ4n) is 6.13. The number of amides is 3. The van der Waals surface area contributed by atoms with Crippen molar-refractivity contribution in [3.05, 3.63) is 76.3 Å². The summed E-state index contributed by atoms with van der Waals surface area (Å²) in [5.74, 6) is -1.27. The number of hydrogen-bond donors (Lipinski definition) is 6. The van der Waals surface area contributed by atoms with Gasteiger partial charge in [0.2, 0.25) is 17.7 Å². The third kappa shape index (κ3) is 25.8. The highest BCUT2D eigenvalue weighted by Crippen LogP contribution is 2.20. The van der Waals surface area contributed by atoms with Crippen LogP contribution in [0.4, 0.5) is 5.69 Å². The third-order valence-electron chi connectivity index (χ3n) is 9.58. The molecule has 21 heteroatoms. The number of rotatable bonds is 42. The second-order valence-corrected chi connectivity index (χ2v) is 14.6. The van der Waals surface area contributed by atoms with Gasteiger partial charge in [0.25, 0.3) is 0 Å². The Labute approximate surface area is 386 Å². The van der Waals surface area contributed by atoms with Crippen molar-refractivity contribution in [2.75, 3.05) is 137 Å². The molecule has 0 bridgehead atoms. The summed E-state index contributed by atoms with van der Waals surface area (Å²) in [4.78, 5) is 46.3. The lowest BCUT2D eigenvalue weighted by Crippen LogP contribution is -2.53. The third-order valence-corrected chi connectivity index (χ3v) is 9.58. The zero-order valence-corrected chi connectivity index (χ0v) is 38.0. The number of ether oxygens (including phenoxy) is 9. The number of benzene rings is 2. The molecule has 0 aliphatic rings. The number of anilines is 1. The summed E-state index contributed by atoms with van der Waals surface area (Å²) < 4.78 is 49.2. The van der Waals surface area contributed by atoms with Crippen molar-refractivity contribution < 1.29 is 62.1 Å². The number of aliphatic hydroxyl groups excluding tert-OH is 1. The molecule has 3 rings (SSSR count). The Kier molecular flexibility index (Phi) is 31.5. The second-order valence-electron chi connectivity index (χ2n) is 14.6. The lowest BCUT2D eigenvalue weighted by Gasteiger charge is -2.23. The Bertz CT molecular complexity index is 1780. The minimum Gasteiger partial charge on any atom is -0.392 e. The zero-order chi connectivity index (χ0) is 47.1. The number of fused-ring (bicyclic) bond motifs is 1. The standard InChI is InChI=1S/C45H70N8O13/c46-13-4-3-7-41(44(56)50-38-10-8-36(35-54)9-11-38)52-45(57)42(33-37-34-48-40-6-2-1-5-39(37)40)51-43(55)12-15-58-17-19-60-21-23-62-25-27-64-29-31-66-32-30-65-28-26-63-24-22-61-20-18-59-16-14-49-53-47/h1-2,5-6,8-11,34,41-42,48,54H,3-4,7,12-33,35,46H2,(H,50,56)(H,51,55)(H,52,57)/t41-,42+/m1/s1. The van der Waals surface area contributed by atoms with E-state index in [9.17, 15) is 19.5 Å². The van der Waals surface area contributed by atoms with Gasteiger partial charge in [0, 0.05) is 47.1 Å². The van der Waals surface area contributed by atoms with Crippen LogP contribution in [0.5, 0.6) is 0 Å². The van der Waals surface area contributed by atoms with E-state index in [4.69, 9.17) is 53.9 Å². The molecule has 0 unspecified atom stereocenters. The minimum atomic E-state index is -0.976. The smallest absolute Gasteiger partial charge is 0.246 e. The predicted octanol–water partition coefficient (Wildman–Crippen LogP) is 2.79. The van der Waals surface area contributed by atoms with Gasteiger partial charge < -0.3 is 74.4 Å². The fraction of sp³-hybridized carbons (Fsp3) is 0.622. The van der Waals surface area contributed by atoms with Gasteiger partial charge in [0.05, 0.1) is 126 Å². The SMILES string of the molecule is [N-]=[N+]=NCCOCCOCCOCCOCCOCCOCCOCCOCCOCCC(=O)N[C@@H](Cc1c[nH]c2ccccc12)C(=O)N[C@H](CCCCN)C(=O)Nc1ccc(CO)cc1. The first-order chi connectivity index (χ1) is 32.4. The van der Waals surface area contributed by atoms with E-state index < -0.39 is 23.9 Å². The van der Waals surface area contributed by atoms with Crippen molar-refractivity contribution in [1.82, 2.24) is 15.6 Å². The van der Waals surface area contributed by atoms with Gasteiger partial charge in [-0.2, -0.15) is 0 Å². The van der Waals surface area contributed by atoms with Crippen LogP contribution >= 0.6 is 0 Å². The molecule has 7 N–H and O–H groups in total. The summed E-state index contributed by atoms with van der Waals surface area (Å²) in [7, 11) is 0. The molecular weight excluding hydrogens is 861 g/mol. The predicted molar refractivity (Wildman–Crippen MR) is 246 cm³/mol. The molecule has 368 valence electrons. The van der Waals surface area contributed by atoms with Crippen molar-refractivity contribution in [2.24, 2.45) is 10.8 Å². The van der Waals surface area contributed by atoms with E-state index in [1.165, 1.54) is 0 Å².